The highest BCUT2D eigenvalue weighted by Crippen LogP contribution is 2.43. The van der Waals surface area contributed by atoms with Crippen LogP contribution in [-0.2, 0) is 0 Å². The zero-order chi connectivity index (χ0) is 8.67. The molecule has 70 valence electrons. The van der Waals surface area contributed by atoms with Crippen molar-refractivity contribution in [2.45, 2.75) is 37.6 Å². The van der Waals surface area contributed by atoms with Crippen LogP contribution >= 0.6 is 0 Å². The smallest absolute Gasteiger partial charge is 0.144 e. The van der Waals surface area contributed by atoms with Crippen molar-refractivity contribution in [1.29, 1.82) is 0 Å². The third-order valence-corrected chi connectivity index (χ3v) is 3.01. The second-order valence-electron chi connectivity index (χ2n) is 4.07. The molecule has 13 heavy (non-hydrogen) atoms. The lowest BCUT2D eigenvalue weighted by Crippen LogP contribution is -2.13. The summed E-state index contributed by atoms with van der Waals surface area (Å²) in [5, 5.41) is 7.40. The van der Waals surface area contributed by atoms with Crippen LogP contribution < -0.4 is 5.32 Å². The van der Waals surface area contributed by atoms with E-state index in [4.69, 9.17) is 4.52 Å². The molecule has 1 saturated heterocycles. The standard InChI is InChI=1S/C10H14N2O/c1-2-9(11-5-1)8-6-12-13-10(8)7-3-4-7/h6-7,9,11H,1-5H2. The van der Waals surface area contributed by atoms with E-state index < -0.39 is 0 Å². The summed E-state index contributed by atoms with van der Waals surface area (Å²) < 4.78 is 5.31. The molecule has 1 saturated carbocycles. The molecule has 1 aromatic rings. The van der Waals surface area contributed by atoms with Gasteiger partial charge in [0.25, 0.3) is 0 Å². The van der Waals surface area contributed by atoms with Gasteiger partial charge in [-0.3, -0.25) is 0 Å². The van der Waals surface area contributed by atoms with Crippen LogP contribution in [0.1, 0.15) is 49.0 Å². The first-order valence-corrected chi connectivity index (χ1v) is 5.13. The summed E-state index contributed by atoms with van der Waals surface area (Å²) in [6.07, 6.45) is 6.99. The zero-order valence-corrected chi connectivity index (χ0v) is 7.62. The monoisotopic (exact) mass is 178 g/mol. The van der Waals surface area contributed by atoms with Gasteiger partial charge in [-0.05, 0) is 32.2 Å². The van der Waals surface area contributed by atoms with Crippen molar-refractivity contribution >= 4 is 0 Å². The summed E-state index contributed by atoms with van der Waals surface area (Å²) in [4.78, 5) is 0. The van der Waals surface area contributed by atoms with Crippen LogP contribution in [0.4, 0.5) is 0 Å². The Balaban J connectivity index is 1.88. The highest BCUT2D eigenvalue weighted by atomic mass is 16.5. The fourth-order valence-corrected chi connectivity index (χ4v) is 2.12. The molecule has 0 amide bonds. The van der Waals surface area contributed by atoms with E-state index in [0.29, 0.717) is 12.0 Å². The number of aromatic nitrogens is 1. The first kappa shape index (κ1) is 7.56. The predicted molar refractivity (Wildman–Crippen MR) is 48.5 cm³/mol. The summed E-state index contributed by atoms with van der Waals surface area (Å²) >= 11 is 0. The van der Waals surface area contributed by atoms with E-state index in [1.54, 1.807) is 0 Å². The lowest BCUT2D eigenvalue weighted by atomic mass is 10.0. The molecule has 1 aromatic heterocycles. The van der Waals surface area contributed by atoms with Crippen molar-refractivity contribution in [3.8, 4) is 0 Å². The summed E-state index contributed by atoms with van der Waals surface area (Å²) in [5.41, 5.74) is 1.32. The summed E-state index contributed by atoms with van der Waals surface area (Å²) in [6.45, 7) is 1.14. The SMILES string of the molecule is c1noc(C2CC2)c1C1CCCN1. The molecule has 1 unspecified atom stereocenters. The minimum atomic E-state index is 0.516. The van der Waals surface area contributed by atoms with E-state index in [1.165, 1.54) is 31.2 Å². The first-order valence-electron chi connectivity index (χ1n) is 5.13. The lowest BCUT2D eigenvalue weighted by Gasteiger charge is -2.07. The average molecular weight is 178 g/mol. The highest BCUT2D eigenvalue weighted by Gasteiger charge is 2.33. The molecular weight excluding hydrogens is 164 g/mol. The van der Waals surface area contributed by atoms with Gasteiger partial charge in [0, 0.05) is 17.5 Å². The van der Waals surface area contributed by atoms with Crippen molar-refractivity contribution in [3.05, 3.63) is 17.5 Å². The van der Waals surface area contributed by atoms with Crippen molar-refractivity contribution < 1.29 is 4.52 Å². The van der Waals surface area contributed by atoms with E-state index in [-0.39, 0.29) is 0 Å². The molecular formula is C10H14N2O. The van der Waals surface area contributed by atoms with Gasteiger partial charge in [-0.15, -0.1) is 0 Å². The van der Waals surface area contributed by atoms with Crippen molar-refractivity contribution in [3.63, 3.8) is 0 Å². The molecule has 0 radical (unpaired) electrons. The Morgan fingerprint density at radius 1 is 1.38 bits per heavy atom. The average Bonchev–Trinajstić information content (AvgIpc) is 2.72. The molecule has 1 N–H and O–H groups in total. The number of hydrogen-bond donors (Lipinski definition) is 1. The zero-order valence-electron chi connectivity index (χ0n) is 7.62. The van der Waals surface area contributed by atoms with Gasteiger partial charge in [0.1, 0.15) is 5.76 Å². The Morgan fingerprint density at radius 2 is 2.31 bits per heavy atom. The van der Waals surface area contributed by atoms with Gasteiger partial charge in [-0.1, -0.05) is 5.16 Å². The maximum Gasteiger partial charge on any atom is 0.144 e. The van der Waals surface area contributed by atoms with Gasteiger partial charge in [0.05, 0.1) is 6.20 Å². The summed E-state index contributed by atoms with van der Waals surface area (Å²) in [6, 6.07) is 0.516. The van der Waals surface area contributed by atoms with E-state index >= 15 is 0 Å². The molecule has 0 bridgehead atoms. The summed E-state index contributed by atoms with van der Waals surface area (Å²) in [5.74, 6) is 1.83. The number of nitrogens with zero attached hydrogens (tertiary/aromatic N) is 1. The van der Waals surface area contributed by atoms with Crippen LogP contribution in [0.15, 0.2) is 10.7 Å². The van der Waals surface area contributed by atoms with E-state index in [0.717, 1.165) is 12.3 Å². The Kier molecular flexibility index (Phi) is 1.65. The fourth-order valence-electron chi connectivity index (χ4n) is 2.12. The number of rotatable bonds is 2. The highest BCUT2D eigenvalue weighted by molar-refractivity contribution is 5.25. The first-order chi connectivity index (χ1) is 6.45. The molecule has 0 spiro atoms. The van der Waals surface area contributed by atoms with Crippen LogP contribution in [0, 0.1) is 0 Å². The molecule has 0 aromatic carbocycles. The maximum absolute atomic E-state index is 5.31. The van der Waals surface area contributed by atoms with Gasteiger partial charge >= 0.3 is 0 Å². The summed E-state index contributed by atoms with van der Waals surface area (Å²) in [7, 11) is 0. The van der Waals surface area contributed by atoms with E-state index in [1.807, 2.05) is 6.20 Å². The third kappa shape index (κ3) is 1.27. The van der Waals surface area contributed by atoms with Gasteiger partial charge < -0.3 is 9.84 Å². The van der Waals surface area contributed by atoms with Crippen LogP contribution in [0.2, 0.25) is 0 Å². The van der Waals surface area contributed by atoms with Crippen LogP contribution in [0.3, 0.4) is 0 Å². The molecule has 3 heteroatoms. The van der Waals surface area contributed by atoms with Crippen LogP contribution in [0.25, 0.3) is 0 Å². The molecule has 3 nitrogen and oxygen atoms in total. The van der Waals surface area contributed by atoms with Gasteiger partial charge in [-0.2, -0.15) is 0 Å². The van der Waals surface area contributed by atoms with E-state index in [2.05, 4.69) is 10.5 Å². The molecule has 1 atom stereocenters. The quantitative estimate of drug-likeness (QED) is 0.752. The number of nitrogens with one attached hydrogen (secondary N) is 1. The normalized spacial score (nSPS) is 28.2. The van der Waals surface area contributed by atoms with Crippen molar-refractivity contribution in [2.75, 3.05) is 6.54 Å². The Labute approximate surface area is 77.5 Å². The van der Waals surface area contributed by atoms with E-state index in [9.17, 15) is 0 Å². The number of hydrogen-bond acceptors (Lipinski definition) is 3. The third-order valence-electron chi connectivity index (χ3n) is 3.01. The van der Waals surface area contributed by atoms with Gasteiger partial charge in [0.15, 0.2) is 0 Å². The predicted octanol–water partition coefficient (Wildman–Crippen LogP) is 1.98. The van der Waals surface area contributed by atoms with Crippen molar-refractivity contribution in [1.82, 2.24) is 10.5 Å². The molecule has 1 aliphatic carbocycles. The molecule has 2 heterocycles. The largest absolute Gasteiger partial charge is 0.361 e. The fraction of sp³-hybridized carbons (Fsp3) is 0.700. The maximum atomic E-state index is 5.31. The molecule has 3 rings (SSSR count). The van der Waals surface area contributed by atoms with Gasteiger partial charge in [-0.25, -0.2) is 0 Å². The lowest BCUT2D eigenvalue weighted by molar-refractivity contribution is 0.381. The topological polar surface area (TPSA) is 38.1 Å². The second kappa shape index (κ2) is 2.84. The van der Waals surface area contributed by atoms with Crippen molar-refractivity contribution in [2.24, 2.45) is 0 Å². The Hall–Kier alpha value is -0.830. The Bertz CT molecular complexity index is 298. The van der Waals surface area contributed by atoms with Gasteiger partial charge in [0.2, 0.25) is 0 Å². The minimum absolute atomic E-state index is 0.516. The van der Waals surface area contributed by atoms with Crippen LogP contribution in [-0.4, -0.2) is 11.7 Å². The van der Waals surface area contributed by atoms with Crippen LogP contribution in [0.5, 0.6) is 0 Å². The minimum Gasteiger partial charge on any atom is -0.361 e. The second-order valence-corrected chi connectivity index (χ2v) is 4.07. The Morgan fingerprint density at radius 3 is 3.00 bits per heavy atom. The molecule has 2 fully saturated rings. The molecule has 1 aliphatic heterocycles. The molecule has 2 aliphatic rings.